The molecule has 2 aromatic carbocycles. The van der Waals surface area contributed by atoms with Gasteiger partial charge in [-0.3, -0.25) is 9.48 Å². The van der Waals surface area contributed by atoms with E-state index in [4.69, 9.17) is 5.10 Å². The van der Waals surface area contributed by atoms with E-state index >= 15 is 0 Å². The number of aromatic nitrogens is 2. The maximum absolute atomic E-state index is 12.1. The van der Waals surface area contributed by atoms with Gasteiger partial charge in [0.1, 0.15) is 5.69 Å². The molecule has 2 heterocycles. The van der Waals surface area contributed by atoms with Crippen molar-refractivity contribution in [2.75, 3.05) is 0 Å². The third-order valence-electron chi connectivity index (χ3n) is 4.73. The van der Waals surface area contributed by atoms with Gasteiger partial charge in [0.15, 0.2) is 0 Å². The third-order valence-corrected chi connectivity index (χ3v) is 5.60. The second kappa shape index (κ2) is 9.33. The maximum Gasteiger partial charge on any atom is 0.281 e. The van der Waals surface area contributed by atoms with Crippen molar-refractivity contribution in [3.8, 4) is 11.3 Å². The molecule has 0 spiro atoms. The number of hydrogen-bond acceptors (Lipinski definition) is 4. The fraction of sp³-hybridized carbons (Fsp3) is 0.125. The molecular weight excluding hydrogens is 392 g/mol. The lowest BCUT2D eigenvalue weighted by molar-refractivity contribution is 0.0959. The number of benzene rings is 2. The van der Waals surface area contributed by atoms with Crippen molar-refractivity contribution in [2.45, 2.75) is 19.9 Å². The summed E-state index contributed by atoms with van der Waals surface area (Å²) in [4.78, 5) is 12.8. The summed E-state index contributed by atoms with van der Waals surface area (Å²) in [5, 5.41) is 10.8. The number of hydrazone groups is 1. The number of carbonyl (C=O) groups is 1. The zero-order chi connectivity index (χ0) is 20.8. The number of nitrogens with zero attached hydrogens (tertiary/aromatic N) is 3. The number of amides is 1. The molecule has 0 aliphatic heterocycles. The Balaban J connectivity index is 1.60. The highest BCUT2D eigenvalue weighted by atomic mass is 32.1. The van der Waals surface area contributed by atoms with E-state index in [0.29, 0.717) is 11.4 Å². The Bertz CT molecular complexity index is 1130. The summed E-state index contributed by atoms with van der Waals surface area (Å²) in [6, 6.07) is 22.2. The van der Waals surface area contributed by atoms with Gasteiger partial charge in [-0.2, -0.15) is 10.2 Å². The van der Waals surface area contributed by atoms with E-state index in [1.165, 1.54) is 22.5 Å². The van der Waals surface area contributed by atoms with Crippen LogP contribution in [0.2, 0.25) is 0 Å². The highest BCUT2D eigenvalue weighted by molar-refractivity contribution is 7.12. The van der Waals surface area contributed by atoms with Gasteiger partial charge in [-0.15, -0.1) is 11.3 Å². The Morgan fingerprint density at radius 1 is 1.07 bits per heavy atom. The number of hydrogen-bond donors (Lipinski definition) is 1. The van der Waals surface area contributed by atoms with Crippen molar-refractivity contribution >= 4 is 23.5 Å². The molecule has 0 radical (unpaired) electrons. The SMILES string of the molecule is CCc1ccc(-c2nn(Cc3ccccc3)cc2/C=N\NC(=O)c2cccs2)cc1. The first-order chi connectivity index (χ1) is 14.7. The first-order valence-electron chi connectivity index (χ1n) is 9.80. The van der Waals surface area contributed by atoms with Gasteiger partial charge in [0.05, 0.1) is 17.6 Å². The van der Waals surface area contributed by atoms with Gasteiger partial charge >= 0.3 is 0 Å². The fourth-order valence-electron chi connectivity index (χ4n) is 3.13. The fourth-order valence-corrected chi connectivity index (χ4v) is 3.74. The predicted octanol–water partition coefficient (Wildman–Crippen LogP) is 4.99. The van der Waals surface area contributed by atoms with Crippen LogP contribution in [0.1, 0.15) is 33.3 Å². The number of aryl methyl sites for hydroxylation is 1. The molecule has 5 nitrogen and oxygen atoms in total. The molecule has 0 aliphatic rings. The third kappa shape index (κ3) is 4.72. The molecule has 1 amide bonds. The van der Waals surface area contributed by atoms with Gasteiger partial charge in [-0.1, -0.05) is 67.6 Å². The van der Waals surface area contributed by atoms with Crippen molar-refractivity contribution in [2.24, 2.45) is 5.10 Å². The van der Waals surface area contributed by atoms with Gasteiger partial charge < -0.3 is 0 Å². The quantitative estimate of drug-likeness (QED) is 0.342. The average molecular weight is 415 g/mol. The minimum absolute atomic E-state index is 0.216. The summed E-state index contributed by atoms with van der Waals surface area (Å²) in [5.41, 5.74) is 7.74. The number of nitrogens with one attached hydrogen (secondary N) is 1. The number of carbonyl (C=O) groups excluding carboxylic acids is 1. The van der Waals surface area contributed by atoms with E-state index in [2.05, 4.69) is 53.8 Å². The van der Waals surface area contributed by atoms with Gasteiger partial charge in [0.25, 0.3) is 5.91 Å². The van der Waals surface area contributed by atoms with E-state index in [1.807, 2.05) is 40.5 Å². The van der Waals surface area contributed by atoms with Crippen LogP contribution in [-0.2, 0) is 13.0 Å². The highest BCUT2D eigenvalue weighted by Crippen LogP contribution is 2.22. The molecule has 0 unspecified atom stereocenters. The molecular formula is C24H22N4OS. The first-order valence-corrected chi connectivity index (χ1v) is 10.7. The molecule has 2 aromatic heterocycles. The van der Waals surface area contributed by atoms with Crippen molar-refractivity contribution in [3.05, 3.63) is 99.9 Å². The standard InChI is InChI=1S/C24H22N4OS/c1-2-18-10-12-20(13-11-18)23-21(15-25-26-24(29)22-9-6-14-30-22)17-28(27-23)16-19-7-4-3-5-8-19/h3-15,17H,2,16H2,1H3,(H,26,29)/b25-15-. The summed E-state index contributed by atoms with van der Waals surface area (Å²) < 4.78 is 1.90. The molecule has 0 saturated heterocycles. The Hall–Kier alpha value is -3.51. The molecule has 0 atom stereocenters. The van der Waals surface area contributed by atoms with E-state index < -0.39 is 0 Å². The summed E-state index contributed by atoms with van der Waals surface area (Å²) in [7, 11) is 0. The van der Waals surface area contributed by atoms with E-state index in [-0.39, 0.29) is 5.91 Å². The topological polar surface area (TPSA) is 59.3 Å². The van der Waals surface area contributed by atoms with Crippen LogP contribution in [-0.4, -0.2) is 21.9 Å². The molecule has 4 rings (SSSR count). The Kier molecular flexibility index (Phi) is 6.15. The second-order valence-electron chi connectivity index (χ2n) is 6.84. The molecule has 0 bridgehead atoms. The van der Waals surface area contributed by atoms with Gasteiger partial charge in [-0.25, -0.2) is 5.43 Å². The summed E-state index contributed by atoms with van der Waals surface area (Å²) in [5.74, 6) is -0.216. The van der Waals surface area contributed by atoms with Crippen LogP contribution in [0, 0.1) is 0 Å². The van der Waals surface area contributed by atoms with E-state index in [1.54, 1.807) is 12.3 Å². The Labute approximate surface area is 179 Å². The lowest BCUT2D eigenvalue weighted by atomic mass is 10.1. The highest BCUT2D eigenvalue weighted by Gasteiger charge is 2.11. The van der Waals surface area contributed by atoms with Crippen molar-refractivity contribution in [1.82, 2.24) is 15.2 Å². The Morgan fingerprint density at radius 3 is 2.57 bits per heavy atom. The predicted molar refractivity (Wildman–Crippen MR) is 122 cm³/mol. The van der Waals surface area contributed by atoms with E-state index in [9.17, 15) is 4.79 Å². The lowest BCUT2D eigenvalue weighted by Crippen LogP contribution is -2.16. The minimum atomic E-state index is -0.216. The minimum Gasteiger partial charge on any atom is -0.267 e. The number of rotatable bonds is 7. The molecule has 150 valence electrons. The zero-order valence-corrected chi connectivity index (χ0v) is 17.5. The first kappa shape index (κ1) is 19.8. The van der Waals surface area contributed by atoms with E-state index in [0.717, 1.165) is 23.2 Å². The average Bonchev–Trinajstić information content (AvgIpc) is 3.45. The van der Waals surface area contributed by atoms with Crippen LogP contribution < -0.4 is 5.43 Å². The van der Waals surface area contributed by atoms with Crippen LogP contribution in [0.3, 0.4) is 0 Å². The molecule has 30 heavy (non-hydrogen) atoms. The van der Waals surface area contributed by atoms with Crippen LogP contribution in [0.15, 0.2) is 83.4 Å². The Morgan fingerprint density at radius 2 is 1.87 bits per heavy atom. The largest absolute Gasteiger partial charge is 0.281 e. The number of thiophene rings is 1. The summed E-state index contributed by atoms with van der Waals surface area (Å²) >= 11 is 1.38. The molecule has 0 saturated carbocycles. The summed E-state index contributed by atoms with van der Waals surface area (Å²) in [6.07, 6.45) is 4.60. The molecule has 0 fully saturated rings. The maximum atomic E-state index is 12.1. The van der Waals surface area contributed by atoms with Gasteiger partial charge in [0, 0.05) is 17.3 Å². The zero-order valence-electron chi connectivity index (χ0n) is 16.7. The lowest BCUT2D eigenvalue weighted by Gasteiger charge is -2.02. The van der Waals surface area contributed by atoms with Gasteiger partial charge in [0.2, 0.25) is 0 Å². The smallest absolute Gasteiger partial charge is 0.267 e. The van der Waals surface area contributed by atoms with Gasteiger partial charge in [-0.05, 0) is 29.0 Å². The summed E-state index contributed by atoms with van der Waals surface area (Å²) in [6.45, 7) is 2.80. The molecule has 1 N–H and O–H groups in total. The van der Waals surface area contributed by atoms with Crippen LogP contribution in [0.5, 0.6) is 0 Å². The normalized spacial score (nSPS) is 11.1. The van der Waals surface area contributed by atoms with Crippen LogP contribution in [0.25, 0.3) is 11.3 Å². The second-order valence-corrected chi connectivity index (χ2v) is 7.79. The van der Waals surface area contributed by atoms with Crippen molar-refractivity contribution in [1.29, 1.82) is 0 Å². The molecule has 6 heteroatoms. The van der Waals surface area contributed by atoms with Crippen molar-refractivity contribution < 1.29 is 4.79 Å². The molecule has 0 aliphatic carbocycles. The molecule has 4 aromatic rings. The monoisotopic (exact) mass is 414 g/mol. The van der Waals surface area contributed by atoms with Crippen LogP contribution in [0.4, 0.5) is 0 Å². The van der Waals surface area contributed by atoms with Crippen LogP contribution >= 0.6 is 11.3 Å². The van der Waals surface area contributed by atoms with Crippen molar-refractivity contribution in [3.63, 3.8) is 0 Å².